The van der Waals surface area contributed by atoms with E-state index in [1.807, 2.05) is 0 Å². The molecule has 2 rings (SSSR count). The van der Waals surface area contributed by atoms with Gasteiger partial charge in [0, 0.05) is 6.61 Å². The van der Waals surface area contributed by atoms with Crippen LogP contribution < -0.4 is 5.73 Å². The second-order valence-corrected chi connectivity index (χ2v) is 5.14. The van der Waals surface area contributed by atoms with Crippen LogP contribution in [-0.2, 0) is 16.1 Å². The molecule has 0 aromatic carbocycles. The number of carboxylic acids is 1. The van der Waals surface area contributed by atoms with Crippen LogP contribution in [0.2, 0.25) is 0 Å². The highest BCUT2D eigenvalue weighted by molar-refractivity contribution is 7.99. The van der Waals surface area contributed by atoms with Crippen LogP contribution in [0.15, 0.2) is 5.16 Å². The highest BCUT2D eigenvalue weighted by atomic mass is 32.2. The van der Waals surface area contributed by atoms with E-state index in [4.69, 9.17) is 15.6 Å². The van der Waals surface area contributed by atoms with Gasteiger partial charge >= 0.3 is 5.97 Å². The van der Waals surface area contributed by atoms with Gasteiger partial charge in [0.25, 0.3) is 0 Å². The second kappa shape index (κ2) is 6.05. The maximum Gasteiger partial charge on any atom is 0.313 e. The van der Waals surface area contributed by atoms with E-state index in [1.54, 1.807) is 4.57 Å². The fraction of sp³-hybridized carbons (Fsp3) is 0.700. The molecule has 0 saturated heterocycles. The SMILES string of the molecule is Nc1nnc(SCC(=O)O)n1CCOCC1CC1. The summed E-state index contributed by atoms with van der Waals surface area (Å²) >= 11 is 1.11. The number of aliphatic carboxylic acids is 1. The van der Waals surface area contributed by atoms with E-state index in [-0.39, 0.29) is 11.7 Å². The van der Waals surface area contributed by atoms with Crippen molar-refractivity contribution in [3.05, 3.63) is 0 Å². The third-order valence-corrected chi connectivity index (χ3v) is 3.53. The molecule has 18 heavy (non-hydrogen) atoms. The molecule has 0 radical (unpaired) electrons. The first kappa shape index (κ1) is 13.2. The van der Waals surface area contributed by atoms with Gasteiger partial charge in [0.15, 0.2) is 5.16 Å². The average molecular weight is 272 g/mol. The van der Waals surface area contributed by atoms with Gasteiger partial charge in [-0.25, -0.2) is 0 Å². The van der Waals surface area contributed by atoms with E-state index >= 15 is 0 Å². The number of carbonyl (C=O) groups is 1. The van der Waals surface area contributed by atoms with E-state index in [0.717, 1.165) is 24.3 Å². The van der Waals surface area contributed by atoms with Crippen LogP contribution in [0.25, 0.3) is 0 Å². The number of nitrogen functional groups attached to an aromatic ring is 1. The van der Waals surface area contributed by atoms with Crippen molar-refractivity contribution in [3.63, 3.8) is 0 Å². The molecule has 0 aliphatic heterocycles. The summed E-state index contributed by atoms with van der Waals surface area (Å²) in [7, 11) is 0. The summed E-state index contributed by atoms with van der Waals surface area (Å²) in [5.74, 6) is 0.0706. The molecular weight excluding hydrogens is 256 g/mol. The number of rotatable bonds is 8. The molecule has 100 valence electrons. The molecule has 8 heteroatoms. The van der Waals surface area contributed by atoms with Gasteiger partial charge in [0.2, 0.25) is 5.95 Å². The molecule has 1 aromatic rings. The minimum atomic E-state index is -0.891. The molecule has 0 atom stereocenters. The fourth-order valence-corrected chi connectivity index (χ4v) is 2.13. The van der Waals surface area contributed by atoms with Crippen molar-refractivity contribution in [2.24, 2.45) is 5.92 Å². The first-order valence-corrected chi connectivity index (χ1v) is 6.76. The van der Waals surface area contributed by atoms with Gasteiger partial charge in [-0.1, -0.05) is 11.8 Å². The highest BCUT2D eigenvalue weighted by Gasteiger charge is 2.21. The summed E-state index contributed by atoms with van der Waals surface area (Å²) in [6.45, 7) is 1.88. The standard InChI is InChI=1S/C10H16N4O3S/c11-9-12-13-10(18-6-8(15)16)14(9)3-4-17-5-7-1-2-7/h7H,1-6H2,(H2,11,12)(H,15,16). The largest absolute Gasteiger partial charge is 0.481 e. The molecule has 1 aliphatic rings. The Morgan fingerprint density at radius 2 is 2.33 bits per heavy atom. The molecule has 1 aliphatic carbocycles. The van der Waals surface area contributed by atoms with E-state index in [0.29, 0.717) is 18.3 Å². The number of nitrogens with zero attached hydrogens (tertiary/aromatic N) is 3. The maximum absolute atomic E-state index is 10.5. The average Bonchev–Trinajstić information content (AvgIpc) is 3.08. The van der Waals surface area contributed by atoms with Crippen molar-refractivity contribution in [1.29, 1.82) is 0 Å². The molecular formula is C10H16N4O3S. The Morgan fingerprint density at radius 3 is 3.00 bits per heavy atom. The molecule has 0 bridgehead atoms. The molecule has 0 amide bonds. The number of thioether (sulfide) groups is 1. The minimum Gasteiger partial charge on any atom is -0.481 e. The second-order valence-electron chi connectivity index (χ2n) is 4.19. The lowest BCUT2D eigenvalue weighted by molar-refractivity contribution is -0.133. The summed E-state index contributed by atoms with van der Waals surface area (Å²) in [5.41, 5.74) is 5.68. The van der Waals surface area contributed by atoms with Gasteiger partial charge in [0.1, 0.15) is 0 Å². The van der Waals surface area contributed by atoms with E-state index in [2.05, 4.69) is 10.2 Å². The summed E-state index contributed by atoms with van der Waals surface area (Å²) in [4.78, 5) is 10.5. The van der Waals surface area contributed by atoms with Crippen LogP contribution in [-0.4, -0.2) is 44.8 Å². The van der Waals surface area contributed by atoms with Crippen LogP contribution in [0.5, 0.6) is 0 Å². The Balaban J connectivity index is 1.80. The predicted molar refractivity (Wildman–Crippen MR) is 66.3 cm³/mol. The van der Waals surface area contributed by atoms with Gasteiger partial charge in [-0.15, -0.1) is 10.2 Å². The predicted octanol–water partition coefficient (Wildman–Crippen LogP) is 0.464. The molecule has 1 aromatic heterocycles. The third-order valence-electron chi connectivity index (χ3n) is 2.58. The highest BCUT2D eigenvalue weighted by Crippen LogP contribution is 2.28. The van der Waals surface area contributed by atoms with Gasteiger partial charge in [-0.05, 0) is 18.8 Å². The smallest absolute Gasteiger partial charge is 0.313 e. The zero-order valence-electron chi connectivity index (χ0n) is 9.91. The summed E-state index contributed by atoms with van der Waals surface area (Å²) in [5, 5.41) is 16.7. The molecule has 1 heterocycles. The Kier molecular flexibility index (Phi) is 4.43. The Morgan fingerprint density at radius 1 is 1.56 bits per heavy atom. The zero-order valence-corrected chi connectivity index (χ0v) is 10.7. The van der Waals surface area contributed by atoms with Crippen molar-refractivity contribution in [3.8, 4) is 0 Å². The Bertz CT molecular complexity index is 419. The van der Waals surface area contributed by atoms with Crippen LogP contribution in [0.1, 0.15) is 12.8 Å². The van der Waals surface area contributed by atoms with Crippen molar-refractivity contribution < 1.29 is 14.6 Å². The fourth-order valence-electron chi connectivity index (χ4n) is 1.43. The monoisotopic (exact) mass is 272 g/mol. The van der Waals surface area contributed by atoms with E-state index in [1.165, 1.54) is 12.8 Å². The number of anilines is 1. The number of carboxylic acid groups (broad SMARTS) is 1. The molecule has 0 unspecified atom stereocenters. The number of nitrogens with two attached hydrogens (primary N) is 1. The van der Waals surface area contributed by atoms with Gasteiger partial charge in [0.05, 0.1) is 18.9 Å². The van der Waals surface area contributed by atoms with Gasteiger partial charge in [-0.3, -0.25) is 9.36 Å². The molecule has 1 fully saturated rings. The number of ether oxygens (including phenoxy) is 1. The summed E-state index contributed by atoms with van der Waals surface area (Å²) in [6.07, 6.45) is 2.52. The van der Waals surface area contributed by atoms with Gasteiger partial charge < -0.3 is 15.6 Å². The lowest BCUT2D eigenvalue weighted by Gasteiger charge is -2.07. The normalized spacial score (nSPS) is 14.9. The Hall–Kier alpha value is -1.28. The van der Waals surface area contributed by atoms with E-state index < -0.39 is 5.97 Å². The first-order chi connectivity index (χ1) is 8.66. The van der Waals surface area contributed by atoms with Gasteiger partial charge in [-0.2, -0.15) is 0 Å². The molecule has 1 saturated carbocycles. The summed E-state index contributed by atoms with van der Waals surface area (Å²) in [6, 6.07) is 0. The number of hydrogen-bond donors (Lipinski definition) is 2. The number of hydrogen-bond acceptors (Lipinski definition) is 6. The molecule has 0 spiro atoms. The van der Waals surface area contributed by atoms with Crippen LogP contribution in [0, 0.1) is 5.92 Å². The van der Waals surface area contributed by atoms with Crippen LogP contribution in [0.3, 0.4) is 0 Å². The van der Waals surface area contributed by atoms with Crippen LogP contribution in [0.4, 0.5) is 5.95 Å². The van der Waals surface area contributed by atoms with Crippen molar-refractivity contribution in [2.45, 2.75) is 24.5 Å². The lowest BCUT2D eigenvalue weighted by atomic mass is 10.5. The first-order valence-electron chi connectivity index (χ1n) is 5.78. The topological polar surface area (TPSA) is 103 Å². The summed E-state index contributed by atoms with van der Waals surface area (Å²) < 4.78 is 7.19. The maximum atomic E-state index is 10.5. The van der Waals surface area contributed by atoms with E-state index in [9.17, 15) is 4.79 Å². The van der Waals surface area contributed by atoms with Crippen molar-refractivity contribution in [2.75, 3.05) is 24.7 Å². The van der Waals surface area contributed by atoms with Crippen molar-refractivity contribution in [1.82, 2.24) is 14.8 Å². The zero-order chi connectivity index (χ0) is 13.0. The molecule has 7 nitrogen and oxygen atoms in total. The number of aromatic nitrogens is 3. The molecule has 3 N–H and O–H groups in total. The quantitative estimate of drug-likeness (QED) is 0.523. The minimum absolute atomic E-state index is 0.0545. The third kappa shape index (κ3) is 3.88. The Labute approximate surface area is 109 Å². The van der Waals surface area contributed by atoms with Crippen LogP contribution >= 0.6 is 11.8 Å². The van der Waals surface area contributed by atoms with Crippen molar-refractivity contribution >= 4 is 23.7 Å². The lowest BCUT2D eigenvalue weighted by Crippen LogP contribution is -2.11.